The molecule has 0 saturated carbocycles. The van der Waals surface area contributed by atoms with E-state index in [2.05, 4.69) is 9.47 Å². The van der Waals surface area contributed by atoms with Crippen molar-refractivity contribution in [1.29, 1.82) is 0 Å². The van der Waals surface area contributed by atoms with Crippen LogP contribution in [0.4, 0.5) is 0 Å². The van der Waals surface area contributed by atoms with Crippen LogP contribution in [0.5, 0.6) is 0 Å². The van der Waals surface area contributed by atoms with E-state index in [1.165, 1.54) is 6.92 Å². The lowest BCUT2D eigenvalue weighted by molar-refractivity contribution is -0.469. The fourth-order valence-corrected chi connectivity index (χ4v) is 1.50. The molecule has 2 rings (SSSR count). The van der Waals surface area contributed by atoms with Gasteiger partial charge in [-0.25, -0.2) is 0 Å². The molecule has 2 heterocycles. The second kappa shape index (κ2) is 2.20. The first kappa shape index (κ1) is 9.28. The average Bonchev–Trinajstić information content (AvgIpc) is 2.24. The highest BCUT2D eigenvalue weighted by Crippen LogP contribution is 2.47. The van der Waals surface area contributed by atoms with E-state index in [1.54, 1.807) is 0 Å². The summed E-state index contributed by atoms with van der Waals surface area (Å²) in [6.07, 6.45) is -4.33. The van der Waals surface area contributed by atoms with Crippen LogP contribution in [0.15, 0.2) is 0 Å². The van der Waals surface area contributed by atoms with Crippen LogP contribution in [-0.4, -0.2) is 50.9 Å². The number of aliphatic hydroxyl groups is 4. The fourth-order valence-electron chi connectivity index (χ4n) is 1.50. The van der Waals surface area contributed by atoms with Crippen LogP contribution < -0.4 is 0 Å². The summed E-state index contributed by atoms with van der Waals surface area (Å²) in [5, 5.41) is 36.7. The van der Waals surface area contributed by atoms with Crippen molar-refractivity contribution in [2.75, 3.05) is 6.61 Å². The summed E-state index contributed by atoms with van der Waals surface area (Å²) >= 11 is 0. The molecule has 0 radical (unpaired) electrons. The Labute approximate surface area is 73.1 Å². The summed E-state index contributed by atoms with van der Waals surface area (Å²) in [6, 6.07) is 0. The number of hydrogen-bond donors (Lipinski definition) is 4. The van der Waals surface area contributed by atoms with Gasteiger partial charge in [0.25, 0.3) is 5.79 Å². The average molecular weight is 194 g/mol. The Morgan fingerprint density at radius 2 is 1.85 bits per heavy atom. The lowest BCUT2D eigenvalue weighted by Crippen LogP contribution is -2.52. The summed E-state index contributed by atoms with van der Waals surface area (Å²) in [5.41, 5.74) is 0. The molecule has 3 atom stereocenters. The van der Waals surface area contributed by atoms with E-state index in [0.717, 1.165) is 0 Å². The highest BCUT2D eigenvalue weighted by molar-refractivity contribution is 4.99. The lowest BCUT2D eigenvalue weighted by atomic mass is 10.1. The molecule has 0 aromatic carbocycles. The molecular weight excluding hydrogens is 184 g/mol. The molecule has 0 unspecified atom stereocenters. The summed E-state index contributed by atoms with van der Waals surface area (Å²) in [7, 11) is 0. The third-order valence-electron chi connectivity index (χ3n) is 2.24. The molecule has 7 heteroatoms. The minimum absolute atomic E-state index is 0.205. The van der Waals surface area contributed by atoms with E-state index in [0.29, 0.717) is 0 Å². The monoisotopic (exact) mass is 194 g/mol. The van der Waals surface area contributed by atoms with Gasteiger partial charge in [-0.2, -0.15) is 0 Å². The predicted molar refractivity (Wildman–Crippen MR) is 34.7 cm³/mol. The summed E-state index contributed by atoms with van der Waals surface area (Å²) in [5.74, 6) is -4.02. The van der Waals surface area contributed by atoms with Crippen molar-refractivity contribution in [3.05, 3.63) is 0 Å². The molecular formula is C6H10O7. The van der Waals surface area contributed by atoms with Crippen molar-refractivity contribution in [1.82, 2.24) is 0 Å². The van der Waals surface area contributed by atoms with Crippen LogP contribution in [0.1, 0.15) is 6.92 Å². The van der Waals surface area contributed by atoms with E-state index >= 15 is 0 Å². The first-order valence-electron chi connectivity index (χ1n) is 3.69. The van der Waals surface area contributed by atoms with Crippen molar-refractivity contribution < 1.29 is 34.6 Å². The molecule has 0 aliphatic carbocycles. The van der Waals surface area contributed by atoms with E-state index in [-0.39, 0.29) is 6.61 Å². The van der Waals surface area contributed by atoms with E-state index in [4.69, 9.17) is 14.9 Å². The second-order valence-corrected chi connectivity index (χ2v) is 3.22. The van der Waals surface area contributed by atoms with Gasteiger partial charge >= 0.3 is 6.16 Å². The van der Waals surface area contributed by atoms with E-state index in [1.807, 2.05) is 0 Å². The van der Waals surface area contributed by atoms with E-state index < -0.39 is 23.8 Å². The largest absolute Gasteiger partial charge is 0.412 e. The number of hydrogen-bond acceptors (Lipinski definition) is 7. The maximum atomic E-state index is 9.65. The molecule has 76 valence electrons. The molecule has 4 N–H and O–H groups in total. The fraction of sp³-hybridized carbons (Fsp3) is 1.00. The molecule has 2 aliphatic rings. The second-order valence-electron chi connectivity index (χ2n) is 3.22. The minimum Gasteiger partial charge on any atom is -0.385 e. The Kier molecular flexibility index (Phi) is 1.57. The zero-order chi connectivity index (χ0) is 9.91. The molecule has 0 spiro atoms. The predicted octanol–water partition coefficient (Wildman–Crippen LogP) is -2.58. The zero-order valence-electron chi connectivity index (χ0n) is 6.80. The minimum atomic E-state index is -2.94. The zero-order valence-corrected chi connectivity index (χ0v) is 6.80. The molecule has 13 heavy (non-hydrogen) atoms. The van der Waals surface area contributed by atoms with Crippen LogP contribution >= 0.6 is 0 Å². The molecule has 7 nitrogen and oxygen atoms in total. The molecule has 2 fully saturated rings. The maximum absolute atomic E-state index is 9.65. The summed E-state index contributed by atoms with van der Waals surface area (Å²) < 4.78 is 13.7. The van der Waals surface area contributed by atoms with Gasteiger partial charge in [0.2, 0.25) is 5.79 Å². The van der Waals surface area contributed by atoms with Gasteiger partial charge in [0, 0.05) is 0 Å². The van der Waals surface area contributed by atoms with Crippen molar-refractivity contribution in [3.63, 3.8) is 0 Å². The number of aliphatic hydroxyl groups excluding tert-OH is 1. The summed E-state index contributed by atoms with van der Waals surface area (Å²) in [6.45, 7) is 1.03. The maximum Gasteiger partial charge on any atom is 0.412 e. The van der Waals surface area contributed by atoms with Crippen molar-refractivity contribution >= 4 is 0 Å². The van der Waals surface area contributed by atoms with Gasteiger partial charge in [0.05, 0.1) is 6.61 Å². The molecule has 0 aromatic heterocycles. The molecule has 0 bridgehead atoms. The third-order valence-corrected chi connectivity index (χ3v) is 2.24. The van der Waals surface area contributed by atoms with E-state index in [9.17, 15) is 10.2 Å². The Balaban J connectivity index is 2.36. The number of rotatable bonds is 0. The molecule has 2 saturated heterocycles. The van der Waals surface area contributed by atoms with Crippen molar-refractivity contribution in [3.8, 4) is 0 Å². The normalized spacial score (nSPS) is 53.8. The number of fused-ring (bicyclic) bond motifs is 1. The Bertz CT molecular complexity index is 241. The Morgan fingerprint density at radius 3 is 2.38 bits per heavy atom. The molecule has 2 aliphatic heterocycles. The first-order valence-corrected chi connectivity index (χ1v) is 3.69. The van der Waals surface area contributed by atoms with Gasteiger partial charge in [-0.15, -0.1) is 0 Å². The van der Waals surface area contributed by atoms with Gasteiger partial charge in [-0.1, -0.05) is 0 Å². The van der Waals surface area contributed by atoms with Crippen LogP contribution in [0.25, 0.3) is 0 Å². The quantitative estimate of drug-likeness (QED) is 0.314. The standard InChI is InChI=1S/C6H10O7/c1-4-5(8,3(7)2-11-4)13-6(9,10)12-4/h3,7-10H,2H2,1H3/t3-,4+,5+/m0/s1. The van der Waals surface area contributed by atoms with Crippen LogP contribution in [0.3, 0.4) is 0 Å². The Hall–Kier alpha value is -0.280. The highest BCUT2D eigenvalue weighted by Gasteiger charge is 2.72. The van der Waals surface area contributed by atoms with Crippen molar-refractivity contribution in [2.24, 2.45) is 0 Å². The SMILES string of the molecule is C[C@]12OC[C@H](O)[C@@]1(O)OC(O)(O)O2. The van der Waals surface area contributed by atoms with Gasteiger partial charge in [0.1, 0.15) is 6.10 Å². The van der Waals surface area contributed by atoms with Gasteiger partial charge in [0.15, 0.2) is 0 Å². The van der Waals surface area contributed by atoms with Crippen molar-refractivity contribution in [2.45, 2.75) is 30.8 Å². The van der Waals surface area contributed by atoms with Gasteiger partial charge < -0.3 is 25.2 Å². The Morgan fingerprint density at radius 1 is 1.23 bits per heavy atom. The topological polar surface area (TPSA) is 109 Å². The third kappa shape index (κ3) is 1.03. The molecule has 0 aromatic rings. The van der Waals surface area contributed by atoms with Crippen LogP contribution in [0, 0.1) is 0 Å². The lowest BCUT2D eigenvalue weighted by Gasteiger charge is -2.27. The van der Waals surface area contributed by atoms with Gasteiger partial charge in [-0.3, -0.25) is 9.47 Å². The van der Waals surface area contributed by atoms with Crippen LogP contribution in [0.2, 0.25) is 0 Å². The van der Waals surface area contributed by atoms with Gasteiger partial charge in [-0.05, 0) is 6.92 Å². The smallest absolute Gasteiger partial charge is 0.385 e. The summed E-state index contributed by atoms with van der Waals surface area (Å²) in [4.78, 5) is 0. The first-order chi connectivity index (χ1) is 5.79. The molecule has 0 amide bonds. The van der Waals surface area contributed by atoms with Crippen LogP contribution in [-0.2, 0) is 14.2 Å². The highest BCUT2D eigenvalue weighted by atomic mass is 17.0. The number of ether oxygens (including phenoxy) is 3.